The fraction of sp³-hybridized carbons (Fsp3) is 0.500. The number of hydrogen-bond donors (Lipinski definition) is 1. The Balaban J connectivity index is 1.71. The molecule has 1 N–H and O–H groups in total. The molecule has 25 heavy (non-hydrogen) atoms. The van der Waals surface area contributed by atoms with Crippen LogP contribution < -0.4 is 11.1 Å². The van der Waals surface area contributed by atoms with E-state index in [9.17, 15) is 14.4 Å². The summed E-state index contributed by atoms with van der Waals surface area (Å²) >= 11 is 0. The molecule has 136 valence electrons. The topological polar surface area (TPSA) is 90.5 Å². The molecule has 1 amide bonds. The van der Waals surface area contributed by atoms with E-state index in [0.717, 1.165) is 25.7 Å². The Morgan fingerprint density at radius 1 is 1.20 bits per heavy atom. The molecule has 1 aromatic carbocycles. The van der Waals surface area contributed by atoms with Crippen LogP contribution in [0.2, 0.25) is 0 Å². The molecule has 1 heterocycles. The number of carbonyl (C=O) groups is 2. The number of benzene rings is 1. The van der Waals surface area contributed by atoms with Gasteiger partial charge in [-0.2, -0.15) is 0 Å². The van der Waals surface area contributed by atoms with Crippen LogP contribution in [-0.2, 0) is 20.9 Å². The number of nitrogens with one attached hydrogen (secondary N) is 1. The van der Waals surface area contributed by atoms with Crippen molar-refractivity contribution in [2.45, 2.75) is 45.6 Å². The van der Waals surface area contributed by atoms with Crippen LogP contribution in [0.1, 0.15) is 39.0 Å². The lowest BCUT2D eigenvalue weighted by Crippen LogP contribution is -2.29. The number of para-hydroxylation sites is 2. The van der Waals surface area contributed by atoms with E-state index in [1.54, 1.807) is 24.3 Å². The number of aryl methyl sites for hydroxylation is 1. The number of ether oxygens (including phenoxy) is 1. The first-order valence-electron chi connectivity index (χ1n) is 8.62. The fourth-order valence-corrected chi connectivity index (χ4v) is 2.48. The van der Waals surface area contributed by atoms with Crippen molar-refractivity contribution in [3.8, 4) is 0 Å². The van der Waals surface area contributed by atoms with Crippen LogP contribution in [0.15, 0.2) is 33.5 Å². The van der Waals surface area contributed by atoms with Crippen molar-refractivity contribution < 1.29 is 18.7 Å². The first kappa shape index (κ1) is 18.8. The average Bonchev–Trinajstić information content (AvgIpc) is 2.93. The Bertz CT molecular complexity index is 762. The largest absolute Gasteiger partial charge is 0.456 e. The fourth-order valence-electron chi connectivity index (χ4n) is 2.48. The van der Waals surface area contributed by atoms with E-state index in [4.69, 9.17) is 9.15 Å². The summed E-state index contributed by atoms with van der Waals surface area (Å²) in [7, 11) is 0. The van der Waals surface area contributed by atoms with Gasteiger partial charge in [-0.1, -0.05) is 38.3 Å². The van der Waals surface area contributed by atoms with Gasteiger partial charge in [-0.25, -0.2) is 4.79 Å². The maximum atomic E-state index is 11.8. The zero-order chi connectivity index (χ0) is 18.1. The number of esters is 1. The number of oxazole rings is 1. The third-order valence-corrected chi connectivity index (χ3v) is 3.83. The van der Waals surface area contributed by atoms with Gasteiger partial charge in [0.15, 0.2) is 12.2 Å². The van der Waals surface area contributed by atoms with Gasteiger partial charge in [0.25, 0.3) is 5.91 Å². The predicted molar refractivity (Wildman–Crippen MR) is 93.2 cm³/mol. The summed E-state index contributed by atoms with van der Waals surface area (Å²) in [6.45, 7) is 2.56. The molecule has 0 spiro atoms. The molecule has 0 aliphatic rings. The van der Waals surface area contributed by atoms with Crippen molar-refractivity contribution in [2.24, 2.45) is 0 Å². The summed E-state index contributed by atoms with van der Waals surface area (Å²) in [5.41, 5.74) is 1.11. The van der Waals surface area contributed by atoms with Crippen LogP contribution in [0, 0.1) is 0 Å². The van der Waals surface area contributed by atoms with E-state index in [1.165, 1.54) is 4.57 Å². The maximum absolute atomic E-state index is 11.8. The molecule has 2 aromatic rings. The van der Waals surface area contributed by atoms with Gasteiger partial charge in [-0.15, -0.1) is 0 Å². The van der Waals surface area contributed by atoms with Gasteiger partial charge < -0.3 is 14.5 Å². The number of unbranched alkanes of at least 4 members (excludes halogenated alkanes) is 3. The van der Waals surface area contributed by atoms with Crippen LogP contribution in [0.25, 0.3) is 11.1 Å². The highest BCUT2D eigenvalue weighted by atomic mass is 16.5. The zero-order valence-corrected chi connectivity index (χ0v) is 14.5. The van der Waals surface area contributed by atoms with Crippen molar-refractivity contribution in [3.05, 3.63) is 34.8 Å². The Labute approximate surface area is 145 Å². The minimum Gasteiger partial charge on any atom is -0.456 e. The molecule has 7 nitrogen and oxygen atoms in total. The van der Waals surface area contributed by atoms with Crippen LogP contribution >= 0.6 is 0 Å². The number of fused-ring (bicyclic) bond motifs is 1. The third-order valence-electron chi connectivity index (χ3n) is 3.83. The van der Waals surface area contributed by atoms with Crippen molar-refractivity contribution in [1.29, 1.82) is 0 Å². The van der Waals surface area contributed by atoms with E-state index < -0.39 is 11.7 Å². The monoisotopic (exact) mass is 348 g/mol. The SMILES string of the molecule is CCCCCCNC(=O)COC(=O)CCn1c(=O)oc2ccccc21. The molecule has 0 fully saturated rings. The van der Waals surface area contributed by atoms with Gasteiger partial charge in [-0.3, -0.25) is 14.2 Å². The number of amides is 1. The number of aromatic nitrogens is 1. The van der Waals surface area contributed by atoms with E-state index in [2.05, 4.69) is 12.2 Å². The normalized spacial score (nSPS) is 10.8. The predicted octanol–water partition coefficient (Wildman–Crippen LogP) is 2.22. The van der Waals surface area contributed by atoms with Crippen molar-refractivity contribution in [2.75, 3.05) is 13.2 Å². The summed E-state index contributed by atoms with van der Waals surface area (Å²) in [5.74, 6) is -1.35. The Kier molecular flexibility index (Phi) is 7.25. The Morgan fingerprint density at radius 2 is 2.00 bits per heavy atom. The number of nitrogens with zero attached hydrogens (tertiary/aromatic N) is 1. The maximum Gasteiger partial charge on any atom is 0.419 e. The summed E-state index contributed by atoms with van der Waals surface area (Å²) in [6, 6.07) is 7.00. The standard InChI is InChI=1S/C18H24N2O5/c1-2-3-4-7-11-19-16(21)13-24-17(22)10-12-20-14-8-5-6-9-15(14)25-18(20)23/h5-6,8-9H,2-4,7,10-13H2,1H3,(H,19,21). The van der Waals surface area contributed by atoms with Gasteiger partial charge in [0.1, 0.15) is 0 Å². The molecule has 0 aliphatic heterocycles. The van der Waals surface area contributed by atoms with E-state index in [-0.39, 0.29) is 25.5 Å². The molecule has 1 aromatic heterocycles. The molecule has 0 saturated heterocycles. The molecule has 7 heteroatoms. The molecular formula is C18H24N2O5. The smallest absolute Gasteiger partial charge is 0.419 e. The second-order valence-corrected chi connectivity index (χ2v) is 5.81. The van der Waals surface area contributed by atoms with Crippen molar-refractivity contribution >= 4 is 23.0 Å². The van der Waals surface area contributed by atoms with Gasteiger partial charge >= 0.3 is 11.7 Å². The van der Waals surface area contributed by atoms with E-state index in [1.807, 2.05) is 0 Å². The van der Waals surface area contributed by atoms with Gasteiger partial charge in [0.05, 0.1) is 11.9 Å². The quantitative estimate of drug-likeness (QED) is 0.525. The van der Waals surface area contributed by atoms with Gasteiger partial charge in [-0.05, 0) is 18.6 Å². The second kappa shape index (κ2) is 9.66. The molecule has 2 rings (SSSR count). The van der Waals surface area contributed by atoms with Crippen molar-refractivity contribution in [3.63, 3.8) is 0 Å². The zero-order valence-electron chi connectivity index (χ0n) is 14.5. The van der Waals surface area contributed by atoms with Crippen LogP contribution in [0.5, 0.6) is 0 Å². The van der Waals surface area contributed by atoms with Crippen molar-refractivity contribution in [1.82, 2.24) is 9.88 Å². The number of hydrogen-bond acceptors (Lipinski definition) is 5. The Hall–Kier alpha value is -2.57. The minimum absolute atomic E-state index is 0.00673. The number of rotatable bonds is 10. The molecule has 0 radical (unpaired) electrons. The summed E-state index contributed by atoms with van der Waals surface area (Å²) in [6.07, 6.45) is 4.27. The van der Waals surface area contributed by atoms with Gasteiger partial charge in [0.2, 0.25) is 0 Å². The molecule has 0 aliphatic carbocycles. The molecule has 0 bridgehead atoms. The summed E-state index contributed by atoms with van der Waals surface area (Å²) in [4.78, 5) is 35.1. The highest BCUT2D eigenvalue weighted by Crippen LogP contribution is 2.12. The highest BCUT2D eigenvalue weighted by molar-refractivity contribution is 5.80. The van der Waals surface area contributed by atoms with Crippen LogP contribution in [0.4, 0.5) is 0 Å². The first-order valence-corrected chi connectivity index (χ1v) is 8.62. The lowest BCUT2D eigenvalue weighted by atomic mass is 10.2. The second-order valence-electron chi connectivity index (χ2n) is 5.81. The summed E-state index contributed by atoms with van der Waals surface area (Å²) in [5, 5.41) is 2.71. The third kappa shape index (κ3) is 5.77. The molecule has 0 atom stereocenters. The Morgan fingerprint density at radius 3 is 2.80 bits per heavy atom. The highest BCUT2D eigenvalue weighted by Gasteiger charge is 2.12. The minimum atomic E-state index is -0.529. The van der Waals surface area contributed by atoms with Gasteiger partial charge in [0, 0.05) is 13.1 Å². The molecular weight excluding hydrogens is 324 g/mol. The molecule has 0 saturated carbocycles. The van der Waals surface area contributed by atoms with Crippen LogP contribution in [0.3, 0.4) is 0 Å². The van der Waals surface area contributed by atoms with E-state index in [0.29, 0.717) is 17.6 Å². The molecule has 0 unspecified atom stereocenters. The summed E-state index contributed by atoms with van der Waals surface area (Å²) < 4.78 is 11.4. The number of carbonyl (C=O) groups excluding carboxylic acids is 2. The lowest BCUT2D eigenvalue weighted by molar-refractivity contribution is -0.148. The van der Waals surface area contributed by atoms with Crippen LogP contribution in [-0.4, -0.2) is 29.6 Å². The average molecular weight is 348 g/mol. The first-order chi connectivity index (χ1) is 12.1. The lowest BCUT2D eigenvalue weighted by Gasteiger charge is -2.07. The van der Waals surface area contributed by atoms with E-state index >= 15 is 0 Å².